The van der Waals surface area contributed by atoms with Crippen LogP contribution < -0.4 is 0 Å². The molecule has 5 rings (SSSR count). The monoisotopic (exact) mass is 334 g/mol. The standard InChI is InChI=1S/C23H30N2/c1-16-13-21-19-9-6-10-20(19)23(17-7-2-3-8-17)24-22(21)14-18(16)15-25-11-4-5-12-25/h13-14,17H,2-12,15H2,1H3. The van der Waals surface area contributed by atoms with E-state index in [2.05, 4.69) is 24.0 Å². The van der Waals surface area contributed by atoms with Gasteiger partial charge in [0.2, 0.25) is 0 Å². The summed E-state index contributed by atoms with van der Waals surface area (Å²) in [6.07, 6.45) is 12.1. The average molecular weight is 335 g/mol. The summed E-state index contributed by atoms with van der Waals surface area (Å²) in [5, 5.41) is 1.46. The largest absolute Gasteiger partial charge is 0.299 e. The molecule has 1 saturated carbocycles. The van der Waals surface area contributed by atoms with Crippen molar-refractivity contribution in [1.29, 1.82) is 0 Å². The molecule has 1 aliphatic heterocycles. The summed E-state index contributed by atoms with van der Waals surface area (Å²) in [6.45, 7) is 5.95. The van der Waals surface area contributed by atoms with Crippen molar-refractivity contribution in [1.82, 2.24) is 9.88 Å². The van der Waals surface area contributed by atoms with Gasteiger partial charge in [-0.15, -0.1) is 0 Å². The van der Waals surface area contributed by atoms with Crippen molar-refractivity contribution in [3.05, 3.63) is 40.1 Å². The second-order valence-corrected chi connectivity index (χ2v) is 8.57. The maximum atomic E-state index is 5.29. The van der Waals surface area contributed by atoms with E-state index in [0.29, 0.717) is 0 Å². The van der Waals surface area contributed by atoms with E-state index in [1.165, 1.54) is 98.6 Å². The Bertz CT molecular complexity index is 796. The van der Waals surface area contributed by atoms with Gasteiger partial charge in [0.05, 0.1) is 5.52 Å². The molecule has 2 aliphatic carbocycles. The first kappa shape index (κ1) is 15.8. The molecule has 0 unspecified atom stereocenters. The molecule has 0 amide bonds. The van der Waals surface area contributed by atoms with E-state index >= 15 is 0 Å². The minimum Gasteiger partial charge on any atom is -0.299 e. The molecular formula is C23H30N2. The van der Waals surface area contributed by atoms with E-state index in [9.17, 15) is 0 Å². The van der Waals surface area contributed by atoms with Gasteiger partial charge in [0.15, 0.2) is 0 Å². The molecule has 2 nitrogen and oxygen atoms in total. The Morgan fingerprint density at radius 3 is 2.52 bits per heavy atom. The van der Waals surface area contributed by atoms with Crippen molar-refractivity contribution in [3.63, 3.8) is 0 Å². The molecule has 0 N–H and O–H groups in total. The van der Waals surface area contributed by atoms with E-state index in [1.807, 2.05) is 0 Å². The van der Waals surface area contributed by atoms with Crippen molar-refractivity contribution < 1.29 is 0 Å². The highest BCUT2D eigenvalue weighted by atomic mass is 15.1. The van der Waals surface area contributed by atoms with Gasteiger partial charge < -0.3 is 0 Å². The van der Waals surface area contributed by atoms with Crippen molar-refractivity contribution in [2.45, 2.75) is 77.2 Å². The van der Waals surface area contributed by atoms with E-state index in [-0.39, 0.29) is 0 Å². The Labute approximate surface area is 151 Å². The topological polar surface area (TPSA) is 16.1 Å². The highest BCUT2D eigenvalue weighted by Crippen LogP contribution is 2.41. The molecule has 0 radical (unpaired) electrons. The van der Waals surface area contributed by atoms with Gasteiger partial charge in [-0.3, -0.25) is 9.88 Å². The molecule has 0 bridgehead atoms. The van der Waals surface area contributed by atoms with E-state index in [4.69, 9.17) is 4.98 Å². The van der Waals surface area contributed by atoms with Gasteiger partial charge in [-0.05, 0) is 99.3 Å². The lowest BCUT2D eigenvalue weighted by molar-refractivity contribution is 0.331. The Kier molecular flexibility index (Phi) is 4.04. The third-order valence-electron chi connectivity index (χ3n) is 6.88. The van der Waals surface area contributed by atoms with Crippen molar-refractivity contribution >= 4 is 10.9 Å². The maximum Gasteiger partial charge on any atom is 0.0711 e. The number of aryl methyl sites for hydroxylation is 2. The van der Waals surface area contributed by atoms with Gasteiger partial charge in [0.25, 0.3) is 0 Å². The summed E-state index contributed by atoms with van der Waals surface area (Å²) in [4.78, 5) is 7.90. The first-order valence-electron chi connectivity index (χ1n) is 10.5. The van der Waals surface area contributed by atoms with E-state index < -0.39 is 0 Å². The fraction of sp³-hybridized carbons (Fsp3) is 0.609. The Morgan fingerprint density at radius 2 is 1.72 bits per heavy atom. The fourth-order valence-corrected chi connectivity index (χ4v) is 5.48. The zero-order chi connectivity index (χ0) is 16.8. The summed E-state index contributed by atoms with van der Waals surface area (Å²) in [7, 11) is 0. The molecule has 132 valence electrons. The van der Waals surface area contributed by atoms with Gasteiger partial charge in [0, 0.05) is 23.5 Å². The van der Waals surface area contributed by atoms with Crippen LogP contribution in [0, 0.1) is 6.92 Å². The summed E-state index contributed by atoms with van der Waals surface area (Å²) in [5.74, 6) is 0.736. The molecule has 2 heterocycles. The lowest BCUT2D eigenvalue weighted by atomic mass is 9.92. The zero-order valence-corrected chi connectivity index (χ0v) is 15.6. The minimum absolute atomic E-state index is 0.736. The molecule has 25 heavy (non-hydrogen) atoms. The van der Waals surface area contributed by atoms with Crippen LogP contribution >= 0.6 is 0 Å². The van der Waals surface area contributed by atoms with Gasteiger partial charge in [-0.2, -0.15) is 0 Å². The summed E-state index contributed by atoms with van der Waals surface area (Å²) in [6, 6.07) is 4.89. The van der Waals surface area contributed by atoms with Crippen LogP contribution in [0.1, 0.15) is 78.8 Å². The highest BCUT2D eigenvalue weighted by molar-refractivity contribution is 5.86. The predicted molar refractivity (Wildman–Crippen MR) is 104 cm³/mol. The molecule has 1 aromatic carbocycles. The molecule has 2 fully saturated rings. The van der Waals surface area contributed by atoms with Crippen LogP contribution in [0.25, 0.3) is 10.9 Å². The number of likely N-dealkylation sites (tertiary alicyclic amines) is 1. The third-order valence-corrected chi connectivity index (χ3v) is 6.88. The summed E-state index contributed by atoms with van der Waals surface area (Å²) >= 11 is 0. The number of hydrogen-bond acceptors (Lipinski definition) is 2. The fourth-order valence-electron chi connectivity index (χ4n) is 5.48. The molecule has 0 atom stereocenters. The lowest BCUT2D eigenvalue weighted by Crippen LogP contribution is -2.19. The first-order chi connectivity index (χ1) is 12.3. The number of aromatic nitrogens is 1. The second kappa shape index (κ2) is 6.39. The Morgan fingerprint density at radius 1 is 0.960 bits per heavy atom. The van der Waals surface area contributed by atoms with Crippen LogP contribution in [0.15, 0.2) is 12.1 Å². The number of nitrogens with zero attached hydrogens (tertiary/aromatic N) is 2. The van der Waals surface area contributed by atoms with E-state index in [1.54, 1.807) is 11.1 Å². The Balaban J connectivity index is 1.61. The first-order valence-corrected chi connectivity index (χ1v) is 10.5. The normalized spacial score (nSPS) is 21.5. The van der Waals surface area contributed by atoms with Gasteiger partial charge in [-0.1, -0.05) is 12.8 Å². The van der Waals surface area contributed by atoms with Crippen LogP contribution in [-0.4, -0.2) is 23.0 Å². The summed E-state index contributed by atoms with van der Waals surface area (Å²) in [5.41, 5.74) is 8.99. The molecule has 1 aromatic heterocycles. The summed E-state index contributed by atoms with van der Waals surface area (Å²) < 4.78 is 0. The van der Waals surface area contributed by atoms with Gasteiger partial charge in [-0.25, -0.2) is 0 Å². The van der Waals surface area contributed by atoms with Crippen LogP contribution in [0.3, 0.4) is 0 Å². The third kappa shape index (κ3) is 2.79. The van der Waals surface area contributed by atoms with Crippen LogP contribution in [-0.2, 0) is 19.4 Å². The SMILES string of the molecule is Cc1cc2c3c(c(C4CCCC4)nc2cc1CN1CCCC1)CCC3. The predicted octanol–water partition coefficient (Wildman–Crippen LogP) is 5.29. The maximum absolute atomic E-state index is 5.29. The van der Waals surface area contributed by atoms with Crippen molar-refractivity contribution in [2.75, 3.05) is 13.1 Å². The number of pyridine rings is 1. The van der Waals surface area contributed by atoms with Crippen LogP contribution in [0.5, 0.6) is 0 Å². The number of benzene rings is 1. The molecule has 0 spiro atoms. The lowest BCUT2D eigenvalue weighted by Gasteiger charge is -2.20. The molecule has 2 aromatic rings. The number of rotatable bonds is 3. The quantitative estimate of drug-likeness (QED) is 0.758. The number of fused-ring (bicyclic) bond motifs is 3. The van der Waals surface area contributed by atoms with Crippen LogP contribution in [0.2, 0.25) is 0 Å². The number of hydrogen-bond donors (Lipinski definition) is 0. The molecule has 1 saturated heterocycles. The Hall–Kier alpha value is -1.41. The minimum atomic E-state index is 0.736. The van der Waals surface area contributed by atoms with Gasteiger partial charge >= 0.3 is 0 Å². The van der Waals surface area contributed by atoms with Gasteiger partial charge in [0.1, 0.15) is 0 Å². The highest BCUT2D eigenvalue weighted by Gasteiger charge is 2.27. The second-order valence-electron chi connectivity index (χ2n) is 8.57. The smallest absolute Gasteiger partial charge is 0.0711 e. The van der Waals surface area contributed by atoms with E-state index in [0.717, 1.165) is 12.5 Å². The van der Waals surface area contributed by atoms with Crippen molar-refractivity contribution in [3.8, 4) is 0 Å². The molecule has 2 heteroatoms. The van der Waals surface area contributed by atoms with Crippen molar-refractivity contribution in [2.24, 2.45) is 0 Å². The average Bonchev–Trinajstić information content (AvgIpc) is 3.37. The molecular weight excluding hydrogens is 304 g/mol. The molecule has 3 aliphatic rings. The van der Waals surface area contributed by atoms with Crippen LogP contribution in [0.4, 0.5) is 0 Å². The zero-order valence-electron chi connectivity index (χ0n) is 15.6.